The molecule has 0 aliphatic heterocycles. The van der Waals surface area contributed by atoms with E-state index in [1.54, 1.807) is 14.2 Å². The second kappa shape index (κ2) is 13.2. The highest BCUT2D eigenvalue weighted by Crippen LogP contribution is 2.47. The minimum atomic E-state index is -3.00. The lowest BCUT2D eigenvalue weighted by Gasteiger charge is -2.52. The SMILES string of the molecule is CO[Si](C)(CCCCCC[Si](O[Si](C)(C)C(C)(C)C)(O[Si](C)(C)C(C)(C)C)O[Si](C)(C)C(C)(C)C)OC. The van der Waals surface area contributed by atoms with Gasteiger partial charge in [-0.25, -0.2) is 0 Å². The third kappa shape index (κ3) is 11.4. The molecule has 0 aromatic carbocycles. The predicted molar refractivity (Wildman–Crippen MR) is 174 cm³/mol. The van der Waals surface area contributed by atoms with Crippen LogP contribution in [-0.2, 0) is 21.2 Å². The van der Waals surface area contributed by atoms with Gasteiger partial charge in [-0.2, -0.15) is 0 Å². The quantitative estimate of drug-likeness (QED) is 0.136. The lowest BCUT2D eigenvalue weighted by atomic mass is 10.2. The molecule has 0 amide bonds. The molecule has 0 fully saturated rings. The van der Waals surface area contributed by atoms with E-state index in [0.717, 1.165) is 31.4 Å². The second-order valence-electron chi connectivity index (χ2n) is 15.7. The van der Waals surface area contributed by atoms with E-state index in [2.05, 4.69) is 108 Å². The molecular formula is C27H66O5Si5. The van der Waals surface area contributed by atoms with Crippen molar-refractivity contribution in [1.29, 1.82) is 0 Å². The highest BCUT2D eigenvalue weighted by atomic mass is 28.5. The highest BCUT2D eigenvalue weighted by Gasteiger charge is 2.57. The van der Waals surface area contributed by atoms with Crippen LogP contribution in [0.15, 0.2) is 0 Å². The molecule has 5 nitrogen and oxygen atoms in total. The first kappa shape index (κ1) is 37.9. The Morgan fingerprint density at radius 2 is 0.703 bits per heavy atom. The standard InChI is InChI=1S/C27H66O5Si5/c1-25(2,3)33(12,13)30-37(31-34(14,15)26(4,5)6,32-35(16,17)27(7,8)9)24-22-20-19-21-23-36(18,28-10)29-11/h19-24H2,1-18H3. The van der Waals surface area contributed by atoms with Gasteiger partial charge in [-0.1, -0.05) is 81.6 Å². The van der Waals surface area contributed by atoms with Crippen molar-refractivity contribution in [3.05, 3.63) is 0 Å². The minimum Gasteiger partial charge on any atom is -0.416 e. The lowest BCUT2D eigenvalue weighted by molar-refractivity contribution is 0.226. The maximum absolute atomic E-state index is 7.42. The molecule has 0 aromatic heterocycles. The first-order valence-corrected chi connectivity index (χ1v) is 27.6. The van der Waals surface area contributed by atoms with E-state index in [1.807, 2.05) is 0 Å². The summed E-state index contributed by atoms with van der Waals surface area (Å²) in [4.78, 5) is 0. The van der Waals surface area contributed by atoms with E-state index >= 15 is 0 Å². The van der Waals surface area contributed by atoms with E-state index in [1.165, 1.54) is 6.42 Å². The van der Waals surface area contributed by atoms with Gasteiger partial charge in [0.1, 0.15) is 0 Å². The zero-order valence-corrected chi connectivity index (χ0v) is 33.3. The molecule has 0 N–H and O–H groups in total. The van der Waals surface area contributed by atoms with Crippen LogP contribution in [0.25, 0.3) is 0 Å². The van der Waals surface area contributed by atoms with Crippen LogP contribution in [0.2, 0.25) is 73.0 Å². The van der Waals surface area contributed by atoms with Crippen LogP contribution >= 0.6 is 0 Å². The third-order valence-corrected chi connectivity index (χ3v) is 34.0. The van der Waals surface area contributed by atoms with Gasteiger partial charge in [-0.05, 0) is 73.4 Å². The molecular weight excluding hydrogens is 545 g/mol. The fourth-order valence-corrected chi connectivity index (χ4v) is 21.3. The van der Waals surface area contributed by atoms with Gasteiger partial charge in [0, 0.05) is 20.3 Å². The van der Waals surface area contributed by atoms with Crippen LogP contribution < -0.4 is 0 Å². The normalized spacial score (nSPS) is 15.4. The zero-order chi connectivity index (χ0) is 29.8. The maximum atomic E-state index is 7.42. The predicted octanol–water partition coefficient (Wildman–Crippen LogP) is 9.92. The molecule has 0 saturated heterocycles. The van der Waals surface area contributed by atoms with Crippen molar-refractivity contribution in [2.45, 2.75) is 161 Å². The molecule has 0 radical (unpaired) electrons. The number of hydrogen-bond donors (Lipinski definition) is 0. The Bertz CT molecular complexity index is 617. The van der Waals surface area contributed by atoms with Gasteiger partial charge in [-0.15, -0.1) is 0 Å². The molecule has 0 aromatic rings. The third-order valence-electron chi connectivity index (χ3n) is 9.38. The molecule has 10 heteroatoms. The van der Waals surface area contributed by atoms with E-state index < -0.39 is 42.3 Å². The Labute approximate surface area is 238 Å². The summed E-state index contributed by atoms with van der Waals surface area (Å²) in [6.45, 7) is 37.2. The number of hydrogen-bond acceptors (Lipinski definition) is 5. The summed E-state index contributed by atoms with van der Waals surface area (Å²) in [6, 6.07) is 1.94. The molecule has 0 aliphatic rings. The Morgan fingerprint density at radius 1 is 0.432 bits per heavy atom. The summed E-state index contributed by atoms with van der Waals surface area (Å²) in [6.07, 6.45) is 4.52. The molecule has 0 rings (SSSR count). The molecule has 0 saturated carbocycles. The van der Waals surface area contributed by atoms with E-state index in [4.69, 9.17) is 21.2 Å². The van der Waals surface area contributed by atoms with Crippen molar-refractivity contribution in [3.8, 4) is 0 Å². The molecule has 0 bridgehead atoms. The van der Waals surface area contributed by atoms with E-state index in [-0.39, 0.29) is 15.1 Å². The van der Waals surface area contributed by atoms with Crippen molar-refractivity contribution in [2.24, 2.45) is 0 Å². The van der Waals surface area contributed by atoms with Crippen molar-refractivity contribution in [1.82, 2.24) is 0 Å². The first-order chi connectivity index (χ1) is 16.2. The lowest BCUT2D eigenvalue weighted by Crippen LogP contribution is -2.65. The molecule has 37 heavy (non-hydrogen) atoms. The summed E-state index contributed by atoms with van der Waals surface area (Å²) in [5.74, 6) is 0. The van der Waals surface area contributed by atoms with Gasteiger partial charge in [0.2, 0.25) is 0 Å². The Kier molecular flexibility index (Phi) is 13.6. The van der Waals surface area contributed by atoms with Crippen LogP contribution in [0.4, 0.5) is 0 Å². The van der Waals surface area contributed by atoms with Crippen molar-refractivity contribution in [2.75, 3.05) is 14.2 Å². The topological polar surface area (TPSA) is 46.2 Å². The van der Waals surface area contributed by atoms with Crippen LogP contribution in [0.3, 0.4) is 0 Å². The van der Waals surface area contributed by atoms with Crippen LogP contribution in [0.1, 0.15) is 88.0 Å². The van der Waals surface area contributed by atoms with Crippen molar-refractivity contribution in [3.63, 3.8) is 0 Å². The van der Waals surface area contributed by atoms with Crippen LogP contribution in [0, 0.1) is 0 Å². The van der Waals surface area contributed by atoms with Crippen LogP contribution in [-0.4, -0.2) is 56.5 Å². The van der Waals surface area contributed by atoms with Crippen LogP contribution in [0.5, 0.6) is 0 Å². The summed E-state index contributed by atoms with van der Waals surface area (Å²) < 4.78 is 33.6. The first-order valence-electron chi connectivity index (χ1n) is 14.4. The van der Waals surface area contributed by atoms with Gasteiger partial charge in [0.15, 0.2) is 25.0 Å². The average molecular weight is 611 g/mol. The molecule has 0 aliphatic carbocycles. The second-order valence-corrected chi connectivity index (χ2v) is 37.2. The maximum Gasteiger partial charge on any atom is 0.469 e. The van der Waals surface area contributed by atoms with E-state index in [9.17, 15) is 0 Å². The summed E-state index contributed by atoms with van der Waals surface area (Å²) in [5.41, 5.74) is 0. The average Bonchev–Trinajstić information content (AvgIpc) is 2.66. The summed E-state index contributed by atoms with van der Waals surface area (Å²) >= 11 is 0. The van der Waals surface area contributed by atoms with Gasteiger partial charge in [0.05, 0.1) is 0 Å². The molecule has 0 spiro atoms. The smallest absolute Gasteiger partial charge is 0.416 e. The number of rotatable bonds is 15. The Morgan fingerprint density at radius 3 is 0.946 bits per heavy atom. The Balaban J connectivity index is 6.23. The number of unbranched alkanes of at least 4 members (excludes halogenated alkanes) is 3. The summed E-state index contributed by atoms with van der Waals surface area (Å²) in [7, 11) is -7.85. The molecule has 0 heterocycles. The molecule has 224 valence electrons. The highest BCUT2D eigenvalue weighted by molar-refractivity contribution is 6.92. The fraction of sp³-hybridized carbons (Fsp3) is 1.00. The monoisotopic (exact) mass is 610 g/mol. The summed E-state index contributed by atoms with van der Waals surface area (Å²) in [5, 5.41) is 0.274. The van der Waals surface area contributed by atoms with Gasteiger partial charge in [0.25, 0.3) is 0 Å². The Hall–Kier alpha value is 0.884. The zero-order valence-electron chi connectivity index (χ0n) is 28.3. The van der Waals surface area contributed by atoms with E-state index in [0.29, 0.717) is 0 Å². The van der Waals surface area contributed by atoms with Gasteiger partial charge in [-0.3, -0.25) is 0 Å². The molecule has 0 atom stereocenters. The molecule has 0 unspecified atom stereocenters. The van der Waals surface area contributed by atoms with Crippen molar-refractivity contribution < 1.29 is 21.2 Å². The minimum absolute atomic E-state index is 0.0915. The van der Waals surface area contributed by atoms with Crippen molar-refractivity contribution >= 4 is 42.3 Å². The fourth-order valence-electron chi connectivity index (χ4n) is 3.27. The van der Waals surface area contributed by atoms with Gasteiger partial charge >= 0.3 is 17.4 Å². The largest absolute Gasteiger partial charge is 0.469 e. The van der Waals surface area contributed by atoms with Gasteiger partial charge < -0.3 is 21.2 Å².